The Balaban J connectivity index is 1.50. The second-order valence-corrected chi connectivity index (χ2v) is 16.2. The van der Waals surface area contributed by atoms with Gasteiger partial charge in [-0.1, -0.05) is 34.1 Å². The number of thioether (sulfide) groups is 3. The highest BCUT2D eigenvalue weighted by Gasteiger charge is 2.42. The Morgan fingerprint density at radius 3 is 2.31 bits per heavy atom. The Hall–Kier alpha value is -2.10. The van der Waals surface area contributed by atoms with Crippen molar-refractivity contribution in [2.45, 2.75) is 89.6 Å². The summed E-state index contributed by atoms with van der Waals surface area (Å²) >= 11 is 6.04. The van der Waals surface area contributed by atoms with E-state index in [2.05, 4.69) is 29.8 Å². The fraction of sp³-hybridized carbons (Fsp3) is 0.700. The topological polar surface area (TPSA) is 145 Å². The van der Waals surface area contributed by atoms with Gasteiger partial charge in [0.25, 0.3) is 5.91 Å². The van der Waals surface area contributed by atoms with Crippen molar-refractivity contribution >= 4 is 80.3 Å². The Morgan fingerprint density at radius 1 is 0.978 bits per heavy atom. The minimum Gasteiger partial charge on any atom is -0.345 e. The van der Waals surface area contributed by atoms with E-state index >= 15 is 0 Å². The highest BCUT2D eigenvalue weighted by Crippen LogP contribution is 2.32. The van der Waals surface area contributed by atoms with Crippen LogP contribution >= 0.6 is 46.6 Å². The van der Waals surface area contributed by atoms with Crippen molar-refractivity contribution in [1.29, 1.82) is 0 Å². The maximum absolute atomic E-state index is 14.0. The van der Waals surface area contributed by atoms with E-state index < -0.39 is 18.1 Å². The van der Waals surface area contributed by atoms with Gasteiger partial charge in [-0.3, -0.25) is 29.2 Å². The van der Waals surface area contributed by atoms with Crippen molar-refractivity contribution in [3.8, 4) is 0 Å². The largest absolute Gasteiger partial charge is 0.345 e. The molecule has 0 aromatic carbocycles. The summed E-state index contributed by atoms with van der Waals surface area (Å²) in [5.74, 6) is 0.803. The average Bonchev–Trinajstić information content (AvgIpc) is 3.85. The van der Waals surface area contributed by atoms with Crippen molar-refractivity contribution in [1.82, 2.24) is 25.8 Å². The number of aromatic nitrogens is 1. The molecule has 11 nitrogen and oxygen atoms in total. The fourth-order valence-electron chi connectivity index (χ4n) is 5.85. The summed E-state index contributed by atoms with van der Waals surface area (Å²) in [6.07, 6.45) is 5.09. The number of aliphatic imine (C=N–C) groups is 2. The number of amides is 4. The number of hydrogen-bond acceptors (Lipinski definition) is 11. The standard InChI is InChI=1S/C30H43N7O4S4/c1-6-16(4)23-29-34-18(14-45-29)24(38)31-17(9-11-42-5)27-32-19(12-43-27)25(39)35-22(15(2)3)30(41)37-10-7-8-21(37)28-33-20(13-44-28)26(40)36-23/h14-17,19-23H,6-13H2,1-5H3,(H,31,38)(H,35,39)(H,36,40)/t16?,17-,19-,20?,21-,22-,23-/m0/s1. The van der Waals surface area contributed by atoms with Crippen molar-refractivity contribution in [3.63, 3.8) is 0 Å². The Bertz CT molecular complexity index is 1350. The van der Waals surface area contributed by atoms with Crippen LogP contribution in [0.4, 0.5) is 0 Å². The highest BCUT2D eigenvalue weighted by molar-refractivity contribution is 8.14. The van der Waals surface area contributed by atoms with E-state index in [4.69, 9.17) is 15.0 Å². The number of carbonyl (C=O) groups excluding carboxylic acids is 4. The van der Waals surface area contributed by atoms with Gasteiger partial charge in [0.15, 0.2) is 0 Å². The molecular weight excluding hydrogens is 651 g/mol. The summed E-state index contributed by atoms with van der Waals surface area (Å²) in [7, 11) is 0. The van der Waals surface area contributed by atoms with Gasteiger partial charge in [0.1, 0.15) is 28.8 Å². The predicted octanol–water partition coefficient (Wildman–Crippen LogP) is 3.37. The van der Waals surface area contributed by atoms with E-state index in [0.29, 0.717) is 40.2 Å². The molecule has 15 heteroatoms. The molecule has 6 bridgehead atoms. The first kappa shape index (κ1) is 34.2. The molecular formula is C30H43N7O4S4. The third-order valence-electron chi connectivity index (χ3n) is 8.75. The number of thiazole rings is 1. The van der Waals surface area contributed by atoms with E-state index in [9.17, 15) is 19.2 Å². The third kappa shape index (κ3) is 7.73. The maximum Gasteiger partial charge on any atom is 0.271 e. The number of nitrogens with one attached hydrogen (secondary N) is 3. The Kier molecular flexibility index (Phi) is 11.6. The number of hydrogen-bond donors (Lipinski definition) is 3. The molecule has 0 radical (unpaired) electrons. The molecule has 246 valence electrons. The first-order valence-electron chi connectivity index (χ1n) is 15.7. The molecule has 4 aliphatic rings. The molecule has 2 unspecified atom stereocenters. The van der Waals surface area contributed by atoms with Crippen molar-refractivity contribution in [2.75, 3.05) is 30.1 Å². The Labute approximate surface area is 281 Å². The van der Waals surface area contributed by atoms with Crippen LogP contribution in [0, 0.1) is 11.8 Å². The summed E-state index contributed by atoms with van der Waals surface area (Å²) in [4.78, 5) is 70.6. The molecule has 1 saturated heterocycles. The molecule has 1 aromatic heterocycles. The summed E-state index contributed by atoms with van der Waals surface area (Å²) in [6, 6.07) is -2.86. The normalized spacial score (nSPS) is 30.2. The predicted molar refractivity (Wildman–Crippen MR) is 186 cm³/mol. The van der Waals surface area contributed by atoms with Gasteiger partial charge in [-0.15, -0.1) is 34.9 Å². The van der Waals surface area contributed by atoms with Crippen molar-refractivity contribution in [2.24, 2.45) is 21.8 Å². The Morgan fingerprint density at radius 2 is 1.64 bits per heavy atom. The average molecular weight is 694 g/mol. The summed E-state index contributed by atoms with van der Waals surface area (Å²) < 4.78 is 0. The number of rotatable bonds is 6. The molecule has 45 heavy (non-hydrogen) atoms. The van der Waals surface area contributed by atoms with Crippen LogP contribution in [0.1, 0.15) is 74.9 Å². The van der Waals surface area contributed by atoms with Gasteiger partial charge >= 0.3 is 0 Å². The van der Waals surface area contributed by atoms with E-state index in [-0.39, 0.29) is 53.6 Å². The van der Waals surface area contributed by atoms with Crippen LogP contribution in [-0.2, 0) is 14.4 Å². The second-order valence-electron chi connectivity index (χ2n) is 12.3. The van der Waals surface area contributed by atoms with Crippen LogP contribution < -0.4 is 16.0 Å². The van der Waals surface area contributed by atoms with Gasteiger partial charge in [0, 0.05) is 23.4 Å². The van der Waals surface area contributed by atoms with E-state index in [1.165, 1.54) is 34.9 Å². The molecule has 0 spiro atoms. The quantitative estimate of drug-likeness (QED) is 0.412. The lowest BCUT2D eigenvalue weighted by atomic mass is 9.99. The lowest BCUT2D eigenvalue weighted by Gasteiger charge is -2.31. The van der Waals surface area contributed by atoms with Crippen LogP contribution in [0.5, 0.6) is 0 Å². The van der Waals surface area contributed by atoms with Crippen LogP contribution in [0.25, 0.3) is 0 Å². The molecule has 4 amide bonds. The van der Waals surface area contributed by atoms with Gasteiger partial charge in [0.2, 0.25) is 17.7 Å². The second kappa shape index (κ2) is 15.2. The van der Waals surface area contributed by atoms with E-state index in [1.807, 2.05) is 25.0 Å². The van der Waals surface area contributed by atoms with Crippen molar-refractivity contribution in [3.05, 3.63) is 16.1 Å². The van der Waals surface area contributed by atoms with Gasteiger partial charge in [-0.2, -0.15) is 11.8 Å². The molecule has 1 aromatic rings. The number of nitrogens with zero attached hydrogens (tertiary/aromatic N) is 4. The minimum absolute atomic E-state index is 0.0894. The summed E-state index contributed by atoms with van der Waals surface area (Å²) in [6.45, 7) is 8.58. The molecule has 0 aliphatic carbocycles. The first-order valence-corrected chi connectivity index (χ1v) is 19.9. The van der Waals surface area contributed by atoms with Crippen LogP contribution in [0.3, 0.4) is 0 Å². The molecule has 5 rings (SSSR count). The monoisotopic (exact) mass is 693 g/mol. The van der Waals surface area contributed by atoms with Crippen LogP contribution in [-0.4, -0.2) is 104 Å². The maximum atomic E-state index is 14.0. The van der Waals surface area contributed by atoms with Gasteiger partial charge < -0.3 is 20.9 Å². The smallest absolute Gasteiger partial charge is 0.271 e. The summed E-state index contributed by atoms with van der Waals surface area (Å²) in [5.41, 5.74) is 0.298. The molecule has 5 heterocycles. The number of fused-ring (bicyclic) bond motifs is 6. The lowest BCUT2D eigenvalue weighted by Crippen LogP contribution is -2.55. The molecule has 0 saturated carbocycles. The zero-order valence-corrected chi connectivity index (χ0v) is 29.7. The highest BCUT2D eigenvalue weighted by atomic mass is 32.2. The first-order chi connectivity index (χ1) is 21.6. The molecule has 3 N–H and O–H groups in total. The van der Waals surface area contributed by atoms with Crippen LogP contribution in [0.15, 0.2) is 15.4 Å². The molecule has 7 atom stereocenters. The van der Waals surface area contributed by atoms with Crippen molar-refractivity contribution < 1.29 is 19.2 Å². The van der Waals surface area contributed by atoms with E-state index in [0.717, 1.165) is 30.1 Å². The van der Waals surface area contributed by atoms with Gasteiger partial charge in [-0.25, -0.2) is 4.98 Å². The van der Waals surface area contributed by atoms with E-state index in [1.54, 1.807) is 17.1 Å². The fourth-order valence-corrected chi connectivity index (χ4v) is 9.63. The molecule has 1 fully saturated rings. The van der Waals surface area contributed by atoms with Crippen LogP contribution in [0.2, 0.25) is 0 Å². The number of carbonyl (C=O) groups is 4. The zero-order chi connectivity index (χ0) is 32.2. The SMILES string of the molecule is CCC(C)[C@@H]1NC(=O)C2CSC(=N2)[C@@H]2CCCN2C(=O)[C@H](C(C)C)NC(=O)[C@@H]2CSC(=N2)[C@H](CCSC)NC(=O)c2csc1n2. The lowest BCUT2D eigenvalue weighted by molar-refractivity contribution is -0.137. The van der Waals surface area contributed by atoms with Gasteiger partial charge in [-0.05, 0) is 43.1 Å². The summed E-state index contributed by atoms with van der Waals surface area (Å²) in [5, 5.41) is 13.2. The third-order valence-corrected chi connectivity index (χ3v) is 12.6. The minimum atomic E-state index is -0.704. The van der Waals surface area contributed by atoms with Gasteiger partial charge in [0.05, 0.1) is 28.2 Å². The molecule has 4 aliphatic heterocycles. The zero-order valence-electron chi connectivity index (χ0n) is 26.4.